The summed E-state index contributed by atoms with van der Waals surface area (Å²) in [4.78, 5) is 16.3. The molecule has 0 saturated carbocycles. The van der Waals surface area contributed by atoms with Gasteiger partial charge in [-0.25, -0.2) is 0 Å². The number of rotatable bonds is 4. The number of nitrogens with zero attached hydrogens (tertiary/aromatic N) is 1. The van der Waals surface area contributed by atoms with Gasteiger partial charge in [0.15, 0.2) is 0 Å². The van der Waals surface area contributed by atoms with Crippen molar-refractivity contribution in [1.82, 2.24) is 10.2 Å². The fourth-order valence-corrected chi connectivity index (χ4v) is 4.76. The standard InChI is InChI=1S/C20H24N2O2S/c23-18-12-15-4-2-1-3-14(15)11-17(18)20(24)21-7-9-22-8-5-19-16(13-22)6-10-25-19/h6,10-12,23H,1-5,7-9,13H2,(H,21,24). The number of benzene rings is 1. The Morgan fingerprint density at radius 2 is 1.96 bits per heavy atom. The van der Waals surface area contributed by atoms with Gasteiger partial charge in [0.05, 0.1) is 5.56 Å². The van der Waals surface area contributed by atoms with Crippen LogP contribution in [-0.2, 0) is 25.8 Å². The van der Waals surface area contributed by atoms with Crippen LogP contribution in [0.2, 0.25) is 0 Å². The molecule has 1 aliphatic heterocycles. The molecule has 0 radical (unpaired) electrons. The van der Waals surface area contributed by atoms with Crippen LogP contribution in [0, 0.1) is 0 Å². The van der Waals surface area contributed by atoms with Crippen molar-refractivity contribution in [2.75, 3.05) is 19.6 Å². The van der Waals surface area contributed by atoms with Crippen LogP contribution in [0.25, 0.3) is 0 Å². The van der Waals surface area contributed by atoms with E-state index in [9.17, 15) is 9.90 Å². The summed E-state index contributed by atoms with van der Waals surface area (Å²) in [7, 11) is 0. The number of aryl methyl sites for hydroxylation is 2. The Hall–Kier alpha value is -1.85. The second-order valence-electron chi connectivity index (χ2n) is 7.00. The molecule has 1 aromatic heterocycles. The molecule has 5 heteroatoms. The molecule has 4 nitrogen and oxygen atoms in total. The van der Waals surface area contributed by atoms with E-state index in [2.05, 4.69) is 21.7 Å². The third-order valence-electron chi connectivity index (χ3n) is 5.31. The maximum absolute atomic E-state index is 12.5. The molecule has 1 amide bonds. The van der Waals surface area contributed by atoms with Gasteiger partial charge in [-0.15, -0.1) is 11.3 Å². The number of hydrogen-bond acceptors (Lipinski definition) is 4. The van der Waals surface area contributed by atoms with Crippen molar-refractivity contribution in [3.63, 3.8) is 0 Å². The van der Waals surface area contributed by atoms with Crippen molar-refractivity contribution in [2.45, 2.75) is 38.6 Å². The van der Waals surface area contributed by atoms with Crippen LogP contribution in [0.5, 0.6) is 5.75 Å². The van der Waals surface area contributed by atoms with Gasteiger partial charge in [-0.2, -0.15) is 0 Å². The monoisotopic (exact) mass is 356 g/mol. The molecule has 2 aliphatic rings. The quantitative estimate of drug-likeness (QED) is 0.885. The third kappa shape index (κ3) is 3.58. The Morgan fingerprint density at radius 1 is 1.16 bits per heavy atom. The molecule has 1 aromatic carbocycles. The van der Waals surface area contributed by atoms with Crippen LogP contribution < -0.4 is 5.32 Å². The molecule has 0 saturated heterocycles. The van der Waals surface area contributed by atoms with Crippen LogP contribution in [0.15, 0.2) is 23.6 Å². The molecule has 0 fully saturated rings. The molecule has 132 valence electrons. The van der Waals surface area contributed by atoms with Gasteiger partial charge in [-0.05, 0) is 72.4 Å². The minimum absolute atomic E-state index is 0.110. The van der Waals surface area contributed by atoms with Crippen molar-refractivity contribution < 1.29 is 9.90 Å². The average molecular weight is 356 g/mol. The zero-order valence-corrected chi connectivity index (χ0v) is 15.2. The molecule has 2 N–H and O–H groups in total. The first-order chi connectivity index (χ1) is 12.2. The fraction of sp³-hybridized carbons (Fsp3) is 0.450. The number of phenols is 1. The van der Waals surface area contributed by atoms with Crippen LogP contribution in [0.1, 0.15) is 44.8 Å². The second-order valence-corrected chi connectivity index (χ2v) is 8.00. The number of amides is 1. The number of phenolic OH excluding ortho intramolecular Hbond substituents is 1. The molecular weight excluding hydrogens is 332 g/mol. The minimum Gasteiger partial charge on any atom is -0.507 e. The van der Waals surface area contributed by atoms with E-state index < -0.39 is 0 Å². The highest BCUT2D eigenvalue weighted by Gasteiger charge is 2.19. The number of thiophene rings is 1. The van der Waals surface area contributed by atoms with E-state index in [0.717, 1.165) is 38.9 Å². The summed E-state index contributed by atoms with van der Waals surface area (Å²) < 4.78 is 0. The van der Waals surface area contributed by atoms with E-state index in [1.54, 1.807) is 6.07 Å². The smallest absolute Gasteiger partial charge is 0.255 e. The number of fused-ring (bicyclic) bond motifs is 2. The van der Waals surface area contributed by atoms with E-state index >= 15 is 0 Å². The van der Waals surface area contributed by atoms with Gasteiger partial charge in [-0.3, -0.25) is 9.69 Å². The Labute approximate surface area is 152 Å². The van der Waals surface area contributed by atoms with E-state index in [1.165, 1.54) is 34.4 Å². The highest BCUT2D eigenvalue weighted by molar-refractivity contribution is 7.10. The summed E-state index contributed by atoms with van der Waals surface area (Å²) in [5.74, 6) is -0.0573. The Balaban J connectivity index is 1.34. The lowest BCUT2D eigenvalue weighted by molar-refractivity contribution is 0.0944. The molecular formula is C20H24N2O2S. The van der Waals surface area contributed by atoms with Crippen molar-refractivity contribution in [3.8, 4) is 5.75 Å². The third-order valence-corrected chi connectivity index (χ3v) is 6.33. The van der Waals surface area contributed by atoms with Gasteiger partial charge in [0.2, 0.25) is 0 Å². The van der Waals surface area contributed by atoms with Crippen molar-refractivity contribution in [3.05, 3.63) is 50.7 Å². The summed E-state index contributed by atoms with van der Waals surface area (Å²) in [5.41, 5.74) is 4.25. The summed E-state index contributed by atoms with van der Waals surface area (Å²) in [6, 6.07) is 5.87. The van der Waals surface area contributed by atoms with E-state index in [-0.39, 0.29) is 11.7 Å². The molecule has 0 spiro atoms. The Morgan fingerprint density at radius 3 is 2.80 bits per heavy atom. The molecule has 2 aromatic rings. The summed E-state index contributed by atoms with van der Waals surface area (Å²) in [6.07, 6.45) is 5.45. The SMILES string of the molecule is O=C(NCCN1CCc2sccc2C1)c1cc2c(cc1O)CCCC2. The fourth-order valence-electron chi connectivity index (χ4n) is 3.88. The zero-order valence-electron chi connectivity index (χ0n) is 14.4. The van der Waals surface area contributed by atoms with Gasteiger partial charge in [-0.1, -0.05) is 0 Å². The first-order valence-corrected chi connectivity index (χ1v) is 9.99. The minimum atomic E-state index is -0.167. The first-order valence-electron chi connectivity index (χ1n) is 9.11. The van der Waals surface area contributed by atoms with Gasteiger partial charge in [0.25, 0.3) is 5.91 Å². The van der Waals surface area contributed by atoms with Gasteiger partial charge >= 0.3 is 0 Å². The lowest BCUT2D eigenvalue weighted by Gasteiger charge is -2.26. The lowest BCUT2D eigenvalue weighted by atomic mass is 9.90. The maximum atomic E-state index is 12.5. The first kappa shape index (κ1) is 16.6. The van der Waals surface area contributed by atoms with Crippen LogP contribution in [0.4, 0.5) is 0 Å². The topological polar surface area (TPSA) is 52.6 Å². The predicted octanol–water partition coefficient (Wildman–Crippen LogP) is 3.12. The number of hydrogen-bond donors (Lipinski definition) is 2. The van der Waals surface area contributed by atoms with Crippen molar-refractivity contribution >= 4 is 17.2 Å². The van der Waals surface area contributed by atoms with Crippen LogP contribution in [0.3, 0.4) is 0 Å². The van der Waals surface area contributed by atoms with Crippen molar-refractivity contribution in [1.29, 1.82) is 0 Å². The average Bonchev–Trinajstić information content (AvgIpc) is 3.09. The van der Waals surface area contributed by atoms with Crippen molar-refractivity contribution in [2.24, 2.45) is 0 Å². The van der Waals surface area contributed by atoms with Gasteiger partial charge in [0, 0.05) is 31.1 Å². The summed E-state index contributed by atoms with van der Waals surface area (Å²) >= 11 is 1.84. The summed E-state index contributed by atoms with van der Waals surface area (Å²) in [6.45, 7) is 3.47. The number of carbonyl (C=O) groups excluding carboxylic acids is 1. The van der Waals surface area contributed by atoms with Gasteiger partial charge < -0.3 is 10.4 Å². The lowest BCUT2D eigenvalue weighted by Crippen LogP contribution is -2.37. The Kier molecular flexibility index (Phi) is 4.77. The number of carbonyl (C=O) groups is 1. The maximum Gasteiger partial charge on any atom is 0.255 e. The largest absolute Gasteiger partial charge is 0.507 e. The van der Waals surface area contributed by atoms with Gasteiger partial charge in [0.1, 0.15) is 5.75 Å². The number of aromatic hydroxyl groups is 1. The molecule has 25 heavy (non-hydrogen) atoms. The van der Waals surface area contributed by atoms with Crippen LogP contribution >= 0.6 is 11.3 Å². The normalized spacial score (nSPS) is 17.0. The van der Waals surface area contributed by atoms with E-state index in [0.29, 0.717) is 12.1 Å². The highest BCUT2D eigenvalue weighted by atomic mass is 32.1. The molecule has 4 rings (SSSR count). The molecule has 1 aliphatic carbocycles. The molecule has 0 bridgehead atoms. The highest BCUT2D eigenvalue weighted by Crippen LogP contribution is 2.28. The summed E-state index contributed by atoms with van der Waals surface area (Å²) in [5, 5.41) is 15.3. The predicted molar refractivity (Wildman–Crippen MR) is 100 cm³/mol. The Bertz CT molecular complexity index is 784. The molecule has 2 heterocycles. The second kappa shape index (κ2) is 7.18. The molecule has 0 atom stereocenters. The van der Waals surface area contributed by atoms with E-state index in [4.69, 9.17) is 0 Å². The molecule has 0 unspecified atom stereocenters. The van der Waals surface area contributed by atoms with E-state index in [1.807, 2.05) is 17.4 Å². The number of nitrogens with one attached hydrogen (secondary N) is 1. The zero-order chi connectivity index (χ0) is 17.2. The van der Waals surface area contributed by atoms with Crippen LogP contribution in [-0.4, -0.2) is 35.5 Å².